The van der Waals surface area contributed by atoms with E-state index in [0.29, 0.717) is 18.3 Å². The largest absolute Gasteiger partial charge is 0.497 e. The molecule has 0 spiro atoms. The van der Waals surface area contributed by atoms with Crippen LogP contribution in [0.4, 0.5) is 5.69 Å². The number of guanidine groups is 1. The van der Waals surface area contributed by atoms with Crippen molar-refractivity contribution >= 4 is 21.5 Å². The first-order valence-corrected chi connectivity index (χ1v) is 10.9. The highest BCUT2D eigenvalue weighted by Crippen LogP contribution is 2.26. The van der Waals surface area contributed by atoms with E-state index in [1.807, 2.05) is 12.1 Å². The maximum absolute atomic E-state index is 11.6. The number of methoxy groups -OCH3 is 1. The van der Waals surface area contributed by atoms with E-state index in [2.05, 4.69) is 32.7 Å². The molecule has 2 atom stereocenters. The Morgan fingerprint density at radius 2 is 2.23 bits per heavy atom. The summed E-state index contributed by atoms with van der Waals surface area (Å²) in [7, 11) is 0.517. The first-order valence-electron chi connectivity index (χ1n) is 9.05. The zero-order valence-electron chi connectivity index (χ0n) is 15.4. The van der Waals surface area contributed by atoms with Gasteiger partial charge in [-0.3, -0.25) is 4.99 Å². The molecule has 2 aliphatic rings. The monoisotopic (exact) mass is 380 g/mol. The van der Waals surface area contributed by atoms with Gasteiger partial charge in [-0.05, 0) is 30.9 Å². The molecule has 0 amide bonds. The third-order valence-electron chi connectivity index (χ3n) is 5.06. The van der Waals surface area contributed by atoms with Crippen molar-refractivity contribution in [1.82, 2.24) is 10.6 Å². The van der Waals surface area contributed by atoms with Crippen LogP contribution in [0.25, 0.3) is 0 Å². The van der Waals surface area contributed by atoms with Crippen LogP contribution in [0.3, 0.4) is 0 Å². The van der Waals surface area contributed by atoms with Crippen molar-refractivity contribution in [1.29, 1.82) is 0 Å². The van der Waals surface area contributed by atoms with Crippen molar-refractivity contribution in [2.75, 3.05) is 50.2 Å². The van der Waals surface area contributed by atoms with Gasteiger partial charge in [0.1, 0.15) is 5.75 Å². The van der Waals surface area contributed by atoms with Gasteiger partial charge in [0.25, 0.3) is 0 Å². The molecule has 3 rings (SSSR count). The topological polar surface area (TPSA) is 83.0 Å². The molecule has 1 aromatic rings. The van der Waals surface area contributed by atoms with Crippen molar-refractivity contribution in [3.05, 3.63) is 24.3 Å². The lowest BCUT2D eigenvalue weighted by Gasteiger charge is -2.20. The molecule has 2 N–H and O–H groups in total. The smallest absolute Gasteiger partial charge is 0.191 e. The van der Waals surface area contributed by atoms with E-state index in [0.717, 1.165) is 31.8 Å². The number of sulfone groups is 1. The van der Waals surface area contributed by atoms with Crippen LogP contribution < -0.4 is 20.3 Å². The van der Waals surface area contributed by atoms with Gasteiger partial charge in [-0.1, -0.05) is 6.07 Å². The summed E-state index contributed by atoms with van der Waals surface area (Å²) in [6.07, 6.45) is 1.76. The fourth-order valence-electron chi connectivity index (χ4n) is 3.58. The molecule has 7 nitrogen and oxygen atoms in total. The Hall–Kier alpha value is -1.96. The summed E-state index contributed by atoms with van der Waals surface area (Å²) in [6, 6.07) is 8.11. The Balaban J connectivity index is 1.47. The first-order chi connectivity index (χ1) is 12.5. The molecule has 1 aromatic carbocycles. The summed E-state index contributed by atoms with van der Waals surface area (Å²) in [5, 5.41) is 6.59. The molecular formula is C18H28N4O3S. The molecule has 2 fully saturated rings. The van der Waals surface area contributed by atoms with Crippen LogP contribution in [-0.2, 0) is 9.84 Å². The van der Waals surface area contributed by atoms with Crippen LogP contribution in [-0.4, -0.2) is 65.7 Å². The maximum atomic E-state index is 11.6. The number of rotatable bonds is 5. The number of nitrogens with one attached hydrogen (secondary N) is 2. The Kier molecular flexibility index (Phi) is 5.90. The second-order valence-electron chi connectivity index (χ2n) is 7.00. The number of benzene rings is 1. The highest BCUT2D eigenvalue weighted by molar-refractivity contribution is 7.91. The number of nitrogens with zero attached hydrogens (tertiary/aromatic N) is 2. The average Bonchev–Trinajstić information content (AvgIpc) is 3.24. The van der Waals surface area contributed by atoms with Gasteiger partial charge in [-0.25, -0.2) is 8.42 Å². The van der Waals surface area contributed by atoms with Crippen molar-refractivity contribution in [3.8, 4) is 5.75 Å². The maximum Gasteiger partial charge on any atom is 0.191 e. The van der Waals surface area contributed by atoms with Gasteiger partial charge < -0.3 is 20.3 Å². The molecule has 2 unspecified atom stereocenters. The molecule has 0 bridgehead atoms. The summed E-state index contributed by atoms with van der Waals surface area (Å²) in [4.78, 5) is 6.60. The van der Waals surface area contributed by atoms with Crippen LogP contribution in [0.1, 0.15) is 12.8 Å². The van der Waals surface area contributed by atoms with Crippen LogP contribution in [0.2, 0.25) is 0 Å². The molecule has 8 heteroatoms. The minimum absolute atomic E-state index is 0.0388. The summed E-state index contributed by atoms with van der Waals surface area (Å²) in [5.41, 5.74) is 1.19. The highest BCUT2D eigenvalue weighted by atomic mass is 32.2. The normalized spacial score (nSPS) is 25.3. The SMILES string of the molecule is CN=C(NCC1CCN(c2cccc(OC)c2)C1)NC1CCS(=O)(=O)C1. The molecule has 2 aliphatic heterocycles. The molecule has 2 heterocycles. The fourth-order valence-corrected chi connectivity index (χ4v) is 5.25. The summed E-state index contributed by atoms with van der Waals surface area (Å²) in [6.45, 7) is 2.82. The number of aliphatic imine (C=N–C) groups is 1. The standard InChI is InChI=1S/C18H28N4O3S/c1-19-18(21-15-7-9-26(23,24)13-15)20-11-14-6-8-22(12-14)16-4-3-5-17(10-16)25-2/h3-5,10,14-15H,6-9,11-13H2,1-2H3,(H2,19,20,21). The lowest BCUT2D eigenvalue weighted by molar-refractivity contribution is 0.415. The van der Waals surface area contributed by atoms with Crippen molar-refractivity contribution in [2.45, 2.75) is 18.9 Å². The van der Waals surface area contributed by atoms with Gasteiger partial charge in [0.2, 0.25) is 0 Å². The second-order valence-corrected chi connectivity index (χ2v) is 9.23. The van der Waals surface area contributed by atoms with Crippen LogP contribution in [0.5, 0.6) is 5.75 Å². The third kappa shape index (κ3) is 4.81. The van der Waals surface area contributed by atoms with E-state index in [4.69, 9.17) is 4.74 Å². The van der Waals surface area contributed by atoms with E-state index in [1.165, 1.54) is 5.69 Å². The lowest BCUT2D eigenvalue weighted by Crippen LogP contribution is -2.45. The highest BCUT2D eigenvalue weighted by Gasteiger charge is 2.29. The molecule has 26 heavy (non-hydrogen) atoms. The third-order valence-corrected chi connectivity index (χ3v) is 6.83. The molecular weight excluding hydrogens is 352 g/mol. The van der Waals surface area contributed by atoms with Gasteiger partial charge >= 0.3 is 0 Å². The predicted molar refractivity (Wildman–Crippen MR) is 105 cm³/mol. The van der Waals surface area contributed by atoms with E-state index in [1.54, 1.807) is 14.2 Å². The molecule has 2 saturated heterocycles. The van der Waals surface area contributed by atoms with E-state index >= 15 is 0 Å². The zero-order chi connectivity index (χ0) is 18.6. The Morgan fingerprint density at radius 3 is 2.92 bits per heavy atom. The van der Waals surface area contributed by atoms with Gasteiger partial charge in [-0.2, -0.15) is 0 Å². The Bertz CT molecular complexity index is 751. The number of hydrogen-bond acceptors (Lipinski definition) is 5. The Labute approximate surface area is 155 Å². The molecule has 144 valence electrons. The van der Waals surface area contributed by atoms with E-state index < -0.39 is 9.84 Å². The fraction of sp³-hybridized carbons (Fsp3) is 0.611. The quantitative estimate of drug-likeness (QED) is 0.583. The summed E-state index contributed by atoms with van der Waals surface area (Å²) < 4.78 is 28.5. The van der Waals surface area contributed by atoms with Crippen LogP contribution in [0.15, 0.2) is 29.3 Å². The zero-order valence-corrected chi connectivity index (χ0v) is 16.3. The number of hydrogen-bond donors (Lipinski definition) is 2. The average molecular weight is 381 g/mol. The molecule has 0 aliphatic carbocycles. The number of anilines is 1. The molecule has 0 aromatic heterocycles. The van der Waals surface area contributed by atoms with Crippen molar-refractivity contribution in [2.24, 2.45) is 10.9 Å². The minimum atomic E-state index is -2.89. The van der Waals surface area contributed by atoms with Crippen molar-refractivity contribution < 1.29 is 13.2 Å². The second kappa shape index (κ2) is 8.16. The first kappa shape index (κ1) is 18.8. The predicted octanol–water partition coefficient (Wildman–Crippen LogP) is 0.874. The van der Waals surface area contributed by atoms with Crippen molar-refractivity contribution in [3.63, 3.8) is 0 Å². The summed E-state index contributed by atoms with van der Waals surface area (Å²) >= 11 is 0. The number of ether oxygens (including phenoxy) is 1. The van der Waals surface area contributed by atoms with Crippen LogP contribution in [0, 0.1) is 5.92 Å². The van der Waals surface area contributed by atoms with Gasteiger partial charge in [-0.15, -0.1) is 0 Å². The van der Waals surface area contributed by atoms with E-state index in [-0.39, 0.29) is 17.5 Å². The Morgan fingerprint density at radius 1 is 1.38 bits per heavy atom. The van der Waals surface area contributed by atoms with Gasteiger partial charge in [0.15, 0.2) is 15.8 Å². The lowest BCUT2D eigenvalue weighted by atomic mass is 10.1. The van der Waals surface area contributed by atoms with Gasteiger partial charge in [0, 0.05) is 44.5 Å². The molecule has 0 saturated carbocycles. The van der Waals surface area contributed by atoms with Crippen LogP contribution >= 0.6 is 0 Å². The molecule has 0 radical (unpaired) electrons. The summed E-state index contributed by atoms with van der Waals surface area (Å²) in [5.74, 6) is 2.54. The van der Waals surface area contributed by atoms with Gasteiger partial charge in [0.05, 0.1) is 18.6 Å². The van der Waals surface area contributed by atoms with E-state index in [9.17, 15) is 8.42 Å². The minimum Gasteiger partial charge on any atom is -0.497 e.